The molecule has 0 aliphatic carbocycles. The van der Waals surface area contributed by atoms with E-state index in [9.17, 15) is 4.79 Å². The molecule has 29 heavy (non-hydrogen) atoms. The molecule has 0 spiro atoms. The highest BCUT2D eigenvalue weighted by Crippen LogP contribution is 2.33. The highest BCUT2D eigenvalue weighted by atomic mass is 35.5. The number of hydrogen-bond acceptors (Lipinski definition) is 3. The second kappa shape index (κ2) is 8.11. The Balaban J connectivity index is 1.87. The first-order valence-corrected chi connectivity index (χ1v) is 9.96. The van der Waals surface area contributed by atoms with Gasteiger partial charge in [0.05, 0.1) is 5.39 Å². The summed E-state index contributed by atoms with van der Waals surface area (Å²) in [4.78, 5) is 13.2. The van der Waals surface area contributed by atoms with Gasteiger partial charge in [0.1, 0.15) is 12.2 Å². The van der Waals surface area contributed by atoms with Crippen LogP contribution in [0, 0.1) is 6.92 Å². The van der Waals surface area contributed by atoms with Crippen LogP contribution < -0.4 is 10.2 Å². The normalized spacial score (nSPS) is 11.0. The van der Waals surface area contributed by atoms with Gasteiger partial charge in [0.25, 0.3) is 0 Å². The zero-order chi connectivity index (χ0) is 20.5. The Morgan fingerprint density at radius 1 is 0.931 bits per heavy atom. The Kier molecular flexibility index (Phi) is 5.55. The summed E-state index contributed by atoms with van der Waals surface area (Å²) in [6, 6.07) is 17.6. The van der Waals surface area contributed by atoms with Crippen molar-refractivity contribution < 1.29 is 9.15 Å². The van der Waals surface area contributed by atoms with Crippen molar-refractivity contribution in [3.63, 3.8) is 0 Å². The number of aryl methyl sites for hydroxylation is 1. The SMILES string of the molecule is Cc1ccc2c(=O)c(OCc3c(Cl)cccc3Cl)c(-c3ccc(Cl)cc3)oc2c1. The van der Waals surface area contributed by atoms with E-state index in [1.54, 1.807) is 48.5 Å². The number of hydrogen-bond donors (Lipinski definition) is 0. The minimum Gasteiger partial charge on any atom is -0.481 e. The molecule has 0 atom stereocenters. The second-order valence-electron chi connectivity index (χ2n) is 6.58. The Hall–Kier alpha value is -2.46. The van der Waals surface area contributed by atoms with Gasteiger partial charge in [-0.05, 0) is 61.0 Å². The van der Waals surface area contributed by atoms with Gasteiger partial charge in [-0.25, -0.2) is 0 Å². The maximum absolute atomic E-state index is 13.2. The van der Waals surface area contributed by atoms with E-state index in [4.69, 9.17) is 44.0 Å². The lowest BCUT2D eigenvalue weighted by molar-refractivity contribution is 0.298. The highest BCUT2D eigenvalue weighted by molar-refractivity contribution is 6.36. The molecule has 4 rings (SSSR count). The molecule has 6 heteroatoms. The largest absolute Gasteiger partial charge is 0.481 e. The van der Waals surface area contributed by atoms with Crippen LogP contribution in [-0.4, -0.2) is 0 Å². The first-order chi connectivity index (χ1) is 13.9. The quantitative estimate of drug-likeness (QED) is 0.330. The molecule has 3 aromatic carbocycles. The summed E-state index contributed by atoms with van der Waals surface area (Å²) in [6.45, 7) is 1.96. The molecule has 0 saturated heterocycles. The number of benzene rings is 3. The molecule has 0 saturated carbocycles. The summed E-state index contributed by atoms with van der Waals surface area (Å²) in [5.74, 6) is 0.424. The third kappa shape index (κ3) is 3.99. The molecule has 4 aromatic rings. The van der Waals surface area contributed by atoms with Gasteiger partial charge < -0.3 is 9.15 Å². The smallest absolute Gasteiger partial charge is 0.235 e. The van der Waals surface area contributed by atoms with Gasteiger partial charge in [-0.2, -0.15) is 0 Å². The fraction of sp³-hybridized carbons (Fsp3) is 0.0870. The Morgan fingerprint density at radius 2 is 1.62 bits per heavy atom. The van der Waals surface area contributed by atoms with Gasteiger partial charge in [-0.3, -0.25) is 4.79 Å². The van der Waals surface area contributed by atoms with E-state index in [0.717, 1.165) is 5.56 Å². The van der Waals surface area contributed by atoms with Crippen LogP contribution >= 0.6 is 34.8 Å². The second-order valence-corrected chi connectivity index (χ2v) is 7.84. The third-order valence-electron chi connectivity index (χ3n) is 4.54. The molecule has 1 aromatic heterocycles. The third-order valence-corrected chi connectivity index (χ3v) is 5.50. The number of halogens is 3. The summed E-state index contributed by atoms with van der Waals surface area (Å²) < 4.78 is 12.0. The molecule has 0 fully saturated rings. The van der Waals surface area contributed by atoms with Crippen LogP contribution in [-0.2, 0) is 6.61 Å². The van der Waals surface area contributed by atoms with Crippen LogP contribution in [0.25, 0.3) is 22.3 Å². The number of rotatable bonds is 4. The van der Waals surface area contributed by atoms with Crippen molar-refractivity contribution in [3.05, 3.63) is 97.1 Å². The molecule has 0 bridgehead atoms. The van der Waals surface area contributed by atoms with E-state index in [1.165, 1.54) is 0 Å². The zero-order valence-electron chi connectivity index (χ0n) is 15.3. The molecule has 0 aliphatic heterocycles. The average molecular weight is 446 g/mol. The average Bonchev–Trinajstić information content (AvgIpc) is 2.69. The maximum Gasteiger partial charge on any atom is 0.235 e. The molecule has 0 N–H and O–H groups in total. The van der Waals surface area contributed by atoms with Crippen molar-refractivity contribution in [3.8, 4) is 17.1 Å². The van der Waals surface area contributed by atoms with Gasteiger partial charge >= 0.3 is 0 Å². The van der Waals surface area contributed by atoms with Crippen LogP contribution in [0.2, 0.25) is 15.1 Å². The van der Waals surface area contributed by atoms with E-state index >= 15 is 0 Å². The van der Waals surface area contributed by atoms with Crippen LogP contribution in [0.5, 0.6) is 5.75 Å². The lowest BCUT2D eigenvalue weighted by Crippen LogP contribution is -2.10. The molecule has 1 heterocycles. The van der Waals surface area contributed by atoms with Crippen molar-refractivity contribution in [2.24, 2.45) is 0 Å². The molecule has 0 amide bonds. The van der Waals surface area contributed by atoms with E-state index in [1.807, 2.05) is 19.1 Å². The zero-order valence-corrected chi connectivity index (χ0v) is 17.6. The van der Waals surface area contributed by atoms with Crippen LogP contribution in [0.3, 0.4) is 0 Å². The number of fused-ring (bicyclic) bond motifs is 1. The monoisotopic (exact) mass is 444 g/mol. The summed E-state index contributed by atoms with van der Waals surface area (Å²) in [5, 5.41) is 1.95. The standard InChI is InChI=1S/C23H15Cl3O3/c1-13-5-10-16-20(11-13)29-22(14-6-8-15(24)9-7-14)23(21(16)27)28-12-17-18(25)3-2-4-19(17)26/h2-11H,12H2,1H3. The fourth-order valence-electron chi connectivity index (χ4n) is 3.02. The van der Waals surface area contributed by atoms with Gasteiger partial charge in [0.15, 0.2) is 5.76 Å². The van der Waals surface area contributed by atoms with Crippen LogP contribution in [0.15, 0.2) is 69.9 Å². The van der Waals surface area contributed by atoms with Crippen molar-refractivity contribution in [2.45, 2.75) is 13.5 Å². The molecular formula is C23H15Cl3O3. The van der Waals surface area contributed by atoms with Crippen molar-refractivity contribution in [1.82, 2.24) is 0 Å². The first-order valence-electron chi connectivity index (χ1n) is 8.83. The topological polar surface area (TPSA) is 39.4 Å². The fourth-order valence-corrected chi connectivity index (χ4v) is 3.65. The van der Waals surface area contributed by atoms with Gasteiger partial charge in [-0.15, -0.1) is 0 Å². The van der Waals surface area contributed by atoms with Gasteiger partial charge in [0.2, 0.25) is 11.2 Å². The molecule has 0 radical (unpaired) electrons. The Labute approximate surface area is 182 Å². The predicted molar refractivity (Wildman–Crippen MR) is 118 cm³/mol. The van der Waals surface area contributed by atoms with Crippen LogP contribution in [0.4, 0.5) is 0 Å². The van der Waals surface area contributed by atoms with Gasteiger partial charge in [-0.1, -0.05) is 46.9 Å². The summed E-state index contributed by atoms with van der Waals surface area (Å²) in [7, 11) is 0. The van der Waals surface area contributed by atoms with E-state index < -0.39 is 0 Å². The molecule has 3 nitrogen and oxygen atoms in total. The predicted octanol–water partition coefficient (Wildman–Crippen LogP) is 7.31. The lowest BCUT2D eigenvalue weighted by Gasteiger charge is -2.13. The minimum atomic E-state index is -0.264. The summed E-state index contributed by atoms with van der Waals surface area (Å²) in [6.07, 6.45) is 0. The molecule has 0 aliphatic rings. The minimum absolute atomic E-state index is 0.0290. The molecule has 146 valence electrons. The maximum atomic E-state index is 13.2. The van der Waals surface area contributed by atoms with Gasteiger partial charge in [0, 0.05) is 26.2 Å². The van der Waals surface area contributed by atoms with Crippen molar-refractivity contribution in [1.29, 1.82) is 0 Å². The van der Waals surface area contributed by atoms with Crippen molar-refractivity contribution in [2.75, 3.05) is 0 Å². The molecular weight excluding hydrogens is 431 g/mol. The summed E-state index contributed by atoms with van der Waals surface area (Å²) in [5.41, 5.74) is 2.48. The van der Waals surface area contributed by atoms with Crippen LogP contribution in [0.1, 0.15) is 11.1 Å². The lowest BCUT2D eigenvalue weighted by atomic mass is 10.1. The van der Waals surface area contributed by atoms with E-state index in [2.05, 4.69) is 0 Å². The van der Waals surface area contributed by atoms with E-state index in [-0.39, 0.29) is 17.8 Å². The highest BCUT2D eigenvalue weighted by Gasteiger charge is 2.19. The van der Waals surface area contributed by atoms with E-state index in [0.29, 0.717) is 42.9 Å². The first kappa shape index (κ1) is 19.8. The van der Waals surface area contributed by atoms with Crippen molar-refractivity contribution >= 4 is 45.8 Å². The number of ether oxygens (including phenoxy) is 1. The molecule has 0 unspecified atom stereocenters. The Bertz CT molecular complexity index is 1240. The Morgan fingerprint density at radius 3 is 2.31 bits per heavy atom. The summed E-state index contributed by atoms with van der Waals surface area (Å²) >= 11 is 18.5.